The van der Waals surface area contributed by atoms with E-state index < -0.39 is 10.0 Å². The van der Waals surface area contributed by atoms with Crippen molar-refractivity contribution < 1.29 is 18.3 Å². The van der Waals surface area contributed by atoms with Crippen LogP contribution in [0.2, 0.25) is 0 Å². The van der Waals surface area contributed by atoms with Crippen LogP contribution < -0.4 is 4.72 Å². The Morgan fingerprint density at radius 2 is 2.24 bits per heavy atom. The van der Waals surface area contributed by atoms with Gasteiger partial charge in [0.1, 0.15) is 0 Å². The van der Waals surface area contributed by atoms with E-state index in [4.69, 9.17) is 4.74 Å². The first-order valence-electron chi connectivity index (χ1n) is 6.91. The number of rotatable bonds is 5. The van der Waals surface area contributed by atoms with Gasteiger partial charge in [-0.25, -0.2) is 13.1 Å². The number of aryl methyl sites for hydroxylation is 1. The van der Waals surface area contributed by atoms with Gasteiger partial charge in [0, 0.05) is 17.6 Å². The normalized spacial score (nSPS) is 19.7. The second-order valence-corrected chi connectivity index (χ2v) is 7.85. The molecule has 2 rings (SSSR count). The summed E-state index contributed by atoms with van der Waals surface area (Å²) in [5.74, 6) is 0.217. The number of ether oxygens (including phenoxy) is 1. The van der Waals surface area contributed by atoms with E-state index in [9.17, 15) is 13.5 Å². The first kappa shape index (κ1) is 16.9. The number of sulfonamides is 1. The Morgan fingerprint density at radius 1 is 1.48 bits per heavy atom. The maximum atomic E-state index is 12.5. The molecule has 0 amide bonds. The zero-order chi connectivity index (χ0) is 15.5. The standard InChI is InChI=1S/C14H20BrNO4S/c1-10-5-12(8-17)6-13(14(10)15)21(18,19)16-7-11-3-2-4-20-9-11/h5-6,11,16-17H,2-4,7-9H2,1H3. The molecule has 0 radical (unpaired) electrons. The van der Waals surface area contributed by atoms with Crippen LogP contribution in [0.15, 0.2) is 21.5 Å². The van der Waals surface area contributed by atoms with Crippen LogP contribution in [0, 0.1) is 12.8 Å². The second-order valence-electron chi connectivity index (χ2n) is 5.32. The molecule has 1 aromatic carbocycles. The van der Waals surface area contributed by atoms with Gasteiger partial charge in [0.25, 0.3) is 0 Å². The van der Waals surface area contributed by atoms with Crippen LogP contribution in [0.5, 0.6) is 0 Å². The van der Waals surface area contributed by atoms with E-state index in [0.29, 0.717) is 23.2 Å². The quantitative estimate of drug-likeness (QED) is 0.822. The van der Waals surface area contributed by atoms with Crippen molar-refractivity contribution in [1.82, 2.24) is 4.72 Å². The summed E-state index contributed by atoms with van der Waals surface area (Å²) in [6.45, 7) is 3.34. The van der Waals surface area contributed by atoms with Gasteiger partial charge in [-0.05, 0) is 58.8 Å². The van der Waals surface area contributed by atoms with Gasteiger partial charge in [0.15, 0.2) is 0 Å². The van der Waals surface area contributed by atoms with Crippen molar-refractivity contribution in [3.05, 3.63) is 27.7 Å². The zero-order valence-corrected chi connectivity index (χ0v) is 14.3. The van der Waals surface area contributed by atoms with Gasteiger partial charge < -0.3 is 9.84 Å². The van der Waals surface area contributed by atoms with E-state index in [0.717, 1.165) is 25.0 Å². The molecule has 5 nitrogen and oxygen atoms in total. The lowest BCUT2D eigenvalue weighted by Crippen LogP contribution is -2.33. The molecule has 0 bridgehead atoms. The smallest absolute Gasteiger partial charge is 0.241 e. The molecule has 1 aliphatic heterocycles. The molecule has 7 heteroatoms. The topological polar surface area (TPSA) is 75.6 Å². The van der Waals surface area contributed by atoms with Gasteiger partial charge in [-0.15, -0.1) is 0 Å². The minimum absolute atomic E-state index is 0.170. The average molecular weight is 378 g/mol. The Kier molecular flexibility index (Phi) is 5.79. The lowest BCUT2D eigenvalue weighted by Gasteiger charge is -2.22. The van der Waals surface area contributed by atoms with E-state index in [2.05, 4.69) is 20.7 Å². The molecular weight excluding hydrogens is 358 g/mol. The molecule has 0 spiro atoms. The molecule has 1 heterocycles. The zero-order valence-electron chi connectivity index (χ0n) is 11.9. The predicted octanol–water partition coefficient (Wildman–Crippen LogP) is 1.95. The van der Waals surface area contributed by atoms with Gasteiger partial charge in [0.2, 0.25) is 10.0 Å². The third kappa shape index (κ3) is 4.26. The molecule has 1 unspecified atom stereocenters. The third-order valence-electron chi connectivity index (χ3n) is 3.57. The van der Waals surface area contributed by atoms with Crippen molar-refractivity contribution in [2.24, 2.45) is 5.92 Å². The number of hydrogen-bond acceptors (Lipinski definition) is 4. The fourth-order valence-corrected chi connectivity index (χ4v) is 4.55. The number of hydrogen-bond donors (Lipinski definition) is 2. The summed E-state index contributed by atoms with van der Waals surface area (Å²) >= 11 is 3.32. The van der Waals surface area contributed by atoms with E-state index in [1.165, 1.54) is 6.07 Å². The summed E-state index contributed by atoms with van der Waals surface area (Å²) in [4.78, 5) is 0.170. The fourth-order valence-electron chi connectivity index (χ4n) is 2.37. The van der Waals surface area contributed by atoms with Crippen LogP contribution >= 0.6 is 15.9 Å². The molecule has 1 aliphatic rings. The molecule has 0 aliphatic carbocycles. The van der Waals surface area contributed by atoms with Gasteiger partial charge in [0.05, 0.1) is 18.1 Å². The maximum Gasteiger partial charge on any atom is 0.241 e. The molecule has 0 saturated carbocycles. The average Bonchev–Trinajstić information content (AvgIpc) is 2.48. The SMILES string of the molecule is Cc1cc(CO)cc(S(=O)(=O)NCC2CCCOC2)c1Br. The van der Waals surface area contributed by atoms with Crippen LogP contribution in [0.25, 0.3) is 0 Å². The molecule has 0 aromatic heterocycles. The van der Waals surface area contributed by atoms with Crippen molar-refractivity contribution in [3.8, 4) is 0 Å². The number of halogens is 1. The van der Waals surface area contributed by atoms with Gasteiger partial charge >= 0.3 is 0 Å². The Labute approximate surface area is 133 Å². The van der Waals surface area contributed by atoms with E-state index in [1.54, 1.807) is 13.0 Å². The van der Waals surface area contributed by atoms with E-state index in [-0.39, 0.29) is 17.4 Å². The molecule has 2 N–H and O–H groups in total. The van der Waals surface area contributed by atoms with Gasteiger partial charge in [-0.3, -0.25) is 0 Å². The number of aliphatic hydroxyl groups excluding tert-OH is 1. The maximum absolute atomic E-state index is 12.5. The Bertz CT molecular complexity index is 597. The monoisotopic (exact) mass is 377 g/mol. The molecule has 1 fully saturated rings. The summed E-state index contributed by atoms with van der Waals surface area (Å²) in [5.41, 5.74) is 1.36. The third-order valence-corrected chi connectivity index (χ3v) is 6.33. The molecule has 1 saturated heterocycles. The summed E-state index contributed by atoms with van der Waals surface area (Å²) in [5, 5.41) is 9.23. The first-order chi connectivity index (χ1) is 9.94. The highest BCUT2D eigenvalue weighted by Crippen LogP contribution is 2.27. The van der Waals surface area contributed by atoms with Crippen LogP contribution in [0.3, 0.4) is 0 Å². The Hall–Kier alpha value is -0.470. The molecule has 1 aromatic rings. The van der Waals surface area contributed by atoms with Crippen molar-refractivity contribution in [3.63, 3.8) is 0 Å². The second kappa shape index (κ2) is 7.19. The van der Waals surface area contributed by atoms with Crippen LogP contribution in [0.4, 0.5) is 0 Å². The highest BCUT2D eigenvalue weighted by Gasteiger charge is 2.22. The fraction of sp³-hybridized carbons (Fsp3) is 0.571. The summed E-state index contributed by atoms with van der Waals surface area (Å²) in [6, 6.07) is 3.26. The lowest BCUT2D eigenvalue weighted by atomic mass is 10.0. The van der Waals surface area contributed by atoms with E-state index >= 15 is 0 Å². The van der Waals surface area contributed by atoms with E-state index in [1.807, 2.05) is 0 Å². The molecule has 21 heavy (non-hydrogen) atoms. The minimum Gasteiger partial charge on any atom is -0.392 e. The number of benzene rings is 1. The van der Waals surface area contributed by atoms with Gasteiger partial charge in [-0.2, -0.15) is 0 Å². The van der Waals surface area contributed by atoms with Crippen LogP contribution in [-0.4, -0.2) is 33.3 Å². The molecular formula is C14H20BrNO4S. The van der Waals surface area contributed by atoms with Crippen molar-refractivity contribution in [2.45, 2.75) is 31.3 Å². The minimum atomic E-state index is -3.61. The number of aliphatic hydroxyl groups is 1. The van der Waals surface area contributed by atoms with Crippen LogP contribution in [-0.2, 0) is 21.4 Å². The number of nitrogens with one attached hydrogen (secondary N) is 1. The van der Waals surface area contributed by atoms with Gasteiger partial charge in [-0.1, -0.05) is 6.07 Å². The predicted molar refractivity (Wildman–Crippen MR) is 83.5 cm³/mol. The molecule has 1 atom stereocenters. The summed E-state index contributed by atoms with van der Waals surface area (Å²) < 4.78 is 33.4. The van der Waals surface area contributed by atoms with Crippen molar-refractivity contribution in [2.75, 3.05) is 19.8 Å². The largest absolute Gasteiger partial charge is 0.392 e. The first-order valence-corrected chi connectivity index (χ1v) is 9.19. The highest BCUT2D eigenvalue weighted by atomic mass is 79.9. The lowest BCUT2D eigenvalue weighted by molar-refractivity contribution is 0.0568. The summed E-state index contributed by atoms with van der Waals surface area (Å²) in [7, 11) is -3.61. The summed E-state index contributed by atoms with van der Waals surface area (Å²) in [6.07, 6.45) is 1.94. The van der Waals surface area contributed by atoms with Crippen LogP contribution in [0.1, 0.15) is 24.0 Å². The molecule has 118 valence electrons. The Morgan fingerprint density at radius 3 is 2.86 bits per heavy atom. The highest BCUT2D eigenvalue weighted by molar-refractivity contribution is 9.10. The Balaban J connectivity index is 2.16. The van der Waals surface area contributed by atoms with Crippen molar-refractivity contribution >= 4 is 26.0 Å². The van der Waals surface area contributed by atoms with Crippen molar-refractivity contribution in [1.29, 1.82) is 0 Å².